The second-order valence-corrected chi connectivity index (χ2v) is 5.43. The minimum Gasteiger partial charge on any atom is -0.465 e. The van der Waals surface area contributed by atoms with Crippen LogP contribution in [0.1, 0.15) is 15.9 Å². The fourth-order valence-electron chi connectivity index (χ4n) is 1.87. The molecule has 114 valence electrons. The van der Waals surface area contributed by atoms with Gasteiger partial charge in [0.1, 0.15) is 0 Å². The molecular formula is C16H15BrN2O3. The van der Waals surface area contributed by atoms with Gasteiger partial charge < -0.3 is 15.4 Å². The van der Waals surface area contributed by atoms with E-state index in [1.165, 1.54) is 7.11 Å². The van der Waals surface area contributed by atoms with Gasteiger partial charge in [-0.3, -0.25) is 0 Å². The Hall–Kier alpha value is -2.34. The molecule has 2 N–H and O–H groups in total. The Kier molecular flexibility index (Phi) is 5.16. The van der Waals surface area contributed by atoms with Crippen LogP contribution in [0.15, 0.2) is 46.9 Å². The number of aryl methyl sites for hydroxylation is 1. The van der Waals surface area contributed by atoms with Crippen LogP contribution in [0.25, 0.3) is 0 Å². The number of esters is 1. The van der Waals surface area contributed by atoms with Crippen molar-refractivity contribution in [2.75, 3.05) is 17.7 Å². The van der Waals surface area contributed by atoms with Crippen molar-refractivity contribution in [3.05, 3.63) is 58.1 Å². The van der Waals surface area contributed by atoms with Gasteiger partial charge in [-0.25, -0.2) is 9.59 Å². The number of rotatable bonds is 3. The normalized spacial score (nSPS) is 9.95. The monoisotopic (exact) mass is 362 g/mol. The number of amides is 2. The van der Waals surface area contributed by atoms with Gasteiger partial charge in [-0.2, -0.15) is 0 Å². The number of anilines is 2. The van der Waals surface area contributed by atoms with Gasteiger partial charge >= 0.3 is 12.0 Å². The van der Waals surface area contributed by atoms with Crippen LogP contribution in [0.4, 0.5) is 16.2 Å². The van der Waals surface area contributed by atoms with Gasteiger partial charge in [-0.15, -0.1) is 0 Å². The van der Waals surface area contributed by atoms with E-state index in [1.807, 2.05) is 31.2 Å². The van der Waals surface area contributed by atoms with Crippen LogP contribution in [-0.2, 0) is 4.74 Å². The highest BCUT2D eigenvalue weighted by molar-refractivity contribution is 9.10. The lowest BCUT2D eigenvalue weighted by Crippen LogP contribution is -2.20. The third-order valence-electron chi connectivity index (χ3n) is 3.02. The van der Waals surface area contributed by atoms with Crippen molar-refractivity contribution >= 4 is 39.3 Å². The first-order valence-electron chi connectivity index (χ1n) is 6.52. The Morgan fingerprint density at radius 3 is 2.50 bits per heavy atom. The van der Waals surface area contributed by atoms with Gasteiger partial charge in [0.15, 0.2) is 0 Å². The van der Waals surface area contributed by atoms with Crippen LogP contribution < -0.4 is 10.6 Å². The lowest BCUT2D eigenvalue weighted by Gasteiger charge is -2.11. The van der Waals surface area contributed by atoms with E-state index < -0.39 is 5.97 Å². The summed E-state index contributed by atoms with van der Waals surface area (Å²) >= 11 is 3.27. The summed E-state index contributed by atoms with van der Waals surface area (Å²) in [5, 5.41) is 5.44. The molecule has 0 saturated carbocycles. The number of hydrogen-bond donors (Lipinski definition) is 2. The van der Waals surface area contributed by atoms with Gasteiger partial charge in [-0.1, -0.05) is 18.2 Å². The van der Waals surface area contributed by atoms with Crippen molar-refractivity contribution in [3.8, 4) is 0 Å². The maximum Gasteiger partial charge on any atom is 0.339 e. The van der Waals surface area contributed by atoms with Crippen molar-refractivity contribution in [2.24, 2.45) is 0 Å². The smallest absolute Gasteiger partial charge is 0.339 e. The molecule has 0 fully saturated rings. The minimum absolute atomic E-state index is 0.344. The molecule has 0 aliphatic rings. The maximum atomic E-state index is 12.0. The SMILES string of the molecule is COC(=O)c1cc(NC(=O)Nc2ccccc2C)ccc1Br. The summed E-state index contributed by atoms with van der Waals surface area (Å²) in [6, 6.07) is 12.0. The Balaban J connectivity index is 2.12. The zero-order valence-electron chi connectivity index (χ0n) is 12.1. The Bertz CT molecular complexity index is 716. The molecular weight excluding hydrogens is 348 g/mol. The summed E-state index contributed by atoms with van der Waals surface area (Å²) in [4.78, 5) is 23.6. The quantitative estimate of drug-likeness (QED) is 0.804. The first-order valence-corrected chi connectivity index (χ1v) is 7.32. The minimum atomic E-state index is -0.477. The van der Waals surface area contributed by atoms with Crippen molar-refractivity contribution in [2.45, 2.75) is 6.92 Å². The molecule has 0 aliphatic carbocycles. The molecule has 6 heteroatoms. The molecule has 2 aromatic rings. The molecule has 2 aromatic carbocycles. The summed E-state index contributed by atoms with van der Waals surface area (Å²) in [5.41, 5.74) is 2.53. The predicted molar refractivity (Wildman–Crippen MR) is 89.3 cm³/mol. The molecule has 0 aromatic heterocycles. The molecule has 0 bridgehead atoms. The first-order chi connectivity index (χ1) is 10.5. The summed E-state index contributed by atoms with van der Waals surface area (Å²) in [6.45, 7) is 1.91. The molecule has 0 atom stereocenters. The van der Waals surface area contributed by atoms with Crippen molar-refractivity contribution in [1.82, 2.24) is 0 Å². The molecule has 5 nitrogen and oxygen atoms in total. The van der Waals surface area contributed by atoms with Crippen LogP contribution in [0.3, 0.4) is 0 Å². The second kappa shape index (κ2) is 7.09. The van der Waals surface area contributed by atoms with Crippen LogP contribution in [0.5, 0.6) is 0 Å². The molecule has 0 radical (unpaired) electrons. The Morgan fingerprint density at radius 2 is 1.82 bits per heavy atom. The summed E-state index contributed by atoms with van der Waals surface area (Å²) in [7, 11) is 1.31. The highest BCUT2D eigenvalue weighted by atomic mass is 79.9. The van der Waals surface area contributed by atoms with Crippen molar-refractivity contribution in [3.63, 3.8) is 0 Å². The largest absolute Gasteiger partial charge is 0.465 e. The molecule has 0 aliphatic heterocycles. The number of methoxy groups -OCH3 is 1. The van der Waals surface area contributed by atoms with E-state index in [2.05, 4.69) is 26.6 Å². The Morgan fingerprint density at radius 1 is 1.09 bits per heavy atom. The van der Waals surface area contributed by atoms with Gasteiger partial charge in [0, 0.05) is 15.8 Å². The Labute approximate surface area is 136 Å². The molecule has 2 rings (SSSR count). The molecule has 0 saturated heterocycles. The van der Waals surface area contributed by atoms with Gasteiger partial charge in [0.05, 0.1) is 12.7 Å². The lowest BCUT2D eigenvalue weighted by atomic mass is 10.2. The van der Waals surface area contributed by atoms with E-state index in [9.17, 15) is 9.59 Å². The number of urea groups is 1. The van der Waals surface area contributed by atoms with Crippen molar-refractivity contribution < 1.29 is 14.3 Å². The zero-order valence-corrected chi connectivity index (χ0v) is 13.7. The van der Waals surface area contributed by atoms with Crippen LogP contribution in [0.2, 0.25) is 0 Å². The number of carbonyl (C=O) groups is 2. The summed E-state index contributed by atoms with van der Waals surface area (Å²) in [6.07, 6.45) is 0. The number of carbonyl (C=O) groups excluding carboxylic acids is 2. The number of ether oxygens (including phenoxy) is 1. The molecule has 0 unspecified atom stereocenters. The van der Waals surface area contributed by atoms with Crippen LogP contribution in [-0.4, -0.2) is 19.1 Å². The van der Waals surface area contributed by atoms with Gasteiger partial charge in [0.25, 0.3) is 0 Å². The topological polar surface area (TPSA) is 67.4 Å². The van der Waals surface area contributed by atoms with E-state index in [0.717, 1.165) is 11.3 Å². The third kappa shape index (κ3) is 3.85. The fourth-order valence-corrected chi connectivity index (χ4v) is 2.28. The second-order valence-electron chi connectivity index (χ2n) is 4.58. The molecule has 22 heavy (non-hydrogen) atoms. The number of hydrogen-bond acceptors (Lipinski definition) is 3. The summed E-state index contributed by atoms with van der Waals surface area (Å²) < 4.78 is 5.29. The van der Waals surface area contributed by atoms with Crippen molar-refractivity contribution in [1.29, 1.82) is 0 Å². The maximum absolute atomic E-state index is 12.0. The van der Waals surface area contributed by atoms with Crippen LogP contribution >= 0.6 is 15.9 Å². The van der Waals surface area contributed by atoms with Gasteiger partial charge in [-0.05, 0) is 52.7 Å². The van der Waals surface area contributed by atoms with Crippen LogP contribution in [0, 0.1) is 6.92 Å². The number of benzene rings is 2. The summed E-state index contributed by atoms with van der Waals surface area (Å²) in [5.74, 6) is -0.477. The number of nitrogens with one attached hydrogen (secondary N) is 2. The first kappa shape index (κ1) is 16.0. The molecule has 2 amide bonds. The fraction of sp³-hybridized carbons (Fsp3) is 0.125. The predicted octanol–water partition coefficient (Wildman–Crippen LogP) is 4.19. The average Bonchev–Trinajstić information content (AvgIpc) is 2.50. The molecule has 0 heterocycles. The highest BCUT2D eigenvalue weighted by Crippen LogP contribution is 2.22. The van der Waals surface area contributed by atoms with E-state index in [0.29, 0.717) is 15.7 Å². The average molecular weight is 363 g/mol. The lowest BCUT2D eigenvalue weighted by molar-refractivity contribution is 0.0599. The molecule has 0 spiro atoms. The number of para-hydroxylation sites is 1. The van der Waals surface area contributed by atoms with E-state index in [1.54, 1.807) is 18.2 Å². The van der Waals surface area contributed by atoms with Gasteiger partial charge in [0.2, 0.25) is 0 Å². The van der Waals surface area contributed by atoms with E-state index in [4.69, 9.17) is 4.74 Å². The zero-order chi connectivity index (χ0) is 16.1. The highest BCUT2D eigenvalue weighted by Gasteiger charge is 2.12. The van der Waals surface area contributed by atoms with E-state index in [-0.39, 0.29) is 6.03 Å². The van der Waals surface area contributed by atoms with E-state index >= 15 is 0 Å². The standard InChI is InChI=1S/C16H15BrN2O3/c1-10-5-3-4-6-14(10)19-16(21)18-11-7-8-13(17)12(9-11)15(20)22-2/h3-9H,1-2H3,(H2,18,19,21). The third-order valence-corrected chi connectivity index (χ3v) is 3.71. The number of halogens is 1.